The molecule has 5 heteroatoms. The molecule has 0 radical (unpaired) electrons. The number of benzene rings is 1. The molecule has 130 valence electrons. The number of rotatable bonds is 4. The van der Waals surface area contributed by atoms with E-state index in [1.165, 1.54) is 0 Å². The van der Waals surface area contributed by atoms with Crippen LogP contribution in [-0.2, 0) is 15.0 Å². The molecule has 1 heterocycles. The molecule has 1 aromatic carbocycles. The molecule has 0 unspecified atom stereocenters. The van der Waals surface area contributed by atoms with Crippen LogP contribution in [-0.4, -0.2) is 42.1 Å². The van der Waals surface area contributed by atoms with Crippen molar-refractivity contribution >= 4 is 11.9 Å². The molecule has 1 aromatic rings. The van der Waals surface area contributed by atoms with E-state index in [2.05, 4.69) is 0 Å². The summed E-state index contributed by atoms with van der Waals surface area (Å²) in [4.78, 5) is 26.3. The molecule has 1 saturated carbocycles. The lowest BCUT2D eigenvalue weighted by atomic mass is 9.77. The Kier molecular flexibility index (Phi) is 4.52. The third-order valence-corrected chi connectivity index (χ3v) is 5.65. The van der Waals surface area contributed by atoms with E-state index >= 15 is 0 Å². The van der Waals surface area contributed by atoms with E-state index in [0.717, 1.165) is 42.6 Å². The predicted molar refractivity (Wildman–Crippen MR) is 90.2 cm³/mol. The number of carbonyl (C=O) groups is 2. The second kappa shape index (κ2) is 6.46. The molecule has 0 bridgehead atoms. The Hall–Kier alpha value is -2.04. The SMILES string of the molecule is COc1cc(C2(C(=O)N3CC[C@H](C(=O)O)C3)CCCC2)ccc1C. The van der Waals surface area contributed by atoms with E-state index in [4.69, 9.17) is 4.74 Å². The number of nitrogens with zero attached hydrogens (tertiary/aromatic N) is 1. The number of methoxy groups -OCH3 is 1. The molecule has 0 aromatic heterocycles. The van der Waals surface area contributed by atoms with Gasteiger partial charge in [0.25, 0.3) is 0 Å². The largest absolute Gasteiger partial charge is 0.496 e. The average molecular weight is 331 g/mol. The van der Waals surface area contributed by atoms with Crippen LogP contribution in [0.5, 0.6) is 5.75 Å². The van der Waals surface area contributed by atoms with Gasteiger partial charge in [-0.2, -0.15) is 0 Å². The molecule has 2 fully saturated rings. The first kappa shape index (κ1) is 16.8. The van der Waals surface area contributed by atoms with Gasteiger partial charge in [0.2, 0.25) is 5.91 Å². The molecular formula is C19H25NO4. The first-order valence-corrected chi connectivity index (χ1v) is 8.65. The molecule has 1 N–H and O–H groups in total. The maximum Gasteiger partial charge on any atom is 0.308 e. The van der Waals surface area contributed by atoms with Crippen molar-refractivity contribution in [2.45, 2.75) is 44.4 Å². The van der Waals surface area contributed by atoms with E-state index in [9.17, 15) is 14.7 Å². The van der Waals surface area contributed by atoms with Crippen LogP contribution in [0.2, 0.25) is 0 Å². The van der Waals surface area contributed by atoms with Crippen LogP contribution < -0.4 is 4.74 Å². The summed E-state index contributed by atoms with van der Waals surface area (Å²) in [6.07, 6.45) is 4.25. The van der Waals surface area contributed by atoms with E-state index in [1.807, 2.05) is 25.1 Å². The minimum atomic E-state index is -0.803. The zero-order valence-electron chi connectivity index (χ0n) is 14.4. The van der Waals surface area contributed by atoms with Crippen molar-refractivity contribution in [3.8, 4) is 5.75 Å². The van der Waals surface area contributed by atoms with Gasteiger partial charge in [-0.25, -0.2) is 0 Å². The van der Waals surface area contributed by atoms with Crippen LogP contribution in [0.4, 0.5) is 0 Å². The summed E-state index contributed by atoms with van der Waals surface area (Å²) in [7, 11) is 1.65. The third-order valence-electron chi connectivity index (χ3n) is 5.65. The number of hydrogen-bond acceptors (Lipinski definition) is 3. The quantitative estimate of drug-likeness (QED) is 0.921. The summed E-state index contributed by atoms with van der Waals surface area (Å²) in [5, 5.41) is 9.20. The Labute approximate surface area is 142 Å². The van der Waals surface area contributed by atoms with Crippen LogP contribution in [0.25, 0.3) is 0 Å². The maximum atomic E-state index is 13.3. The first-order valence-electron chi connectivity index (χ1n) is 8.65. The maximum absolute atomic E-state index is 13.3. The summed E-state index contributed by atoms with van der Waals surface area (Å²) in [6.45, 7) is 2.86. The van der Waals surface area contributed by atoms with Gasteiger partial charge in [-0.3, -0.25) is 9.59 Å². The molecule has 1 aliphatic heterocycles. The van der Waals surface area contributed by atoms with Gasteiger partial charge in [-0.05, 0) is 43.4 Å². The highest BCUT2D eigenvalue weighted by Crippen LogP contribution is 2.44. The van der Waals surface area contributed by atoms with Crippen molar-refractivity contribution in [2.75, 3.05) is 20.2 Å². The molecular weight excluding hydrogens is 306 g/mol. The highest BCUT2D eigenvalue weighted by Gasteiger charge is 2.47. The summed E-state index contributed by atoms with van der Waals surface area (Å²) in [5.74, 6) is -0.339. The Morgan fingerprint density at radius 3 is 2.58 bits per heavy atom. The summed E-state index contributed by atoms with van der Waals surface area (Å²) >= 11 is 0. The summed E-state index contributed by atoms with van der Waals surface area (Å²) in [6, 6.07) is 6.03. The topological polar surface area (TPSA) is 66.8 Å². The molecule has 24 heavy (non-hydrogen) atoms. The van der Waals surface area contributed by atoms with Gasteiger partial charge < -0.3 is 14.7 Å². The van der Waals surface area contributed by atoms with Gasteiger partial charge in [-0.15, -0.1) is 0 Å². The Bertz CT molecular complexity index is 649. The van der Waals surface area contributed by atoms with E-state index in [1.54, 1.807) is 12.0 Å². The molecule has 1 saturated heterocycles. The highest BCUT2D eigenvalue weighted by atomic mass is 16.5. The number of carboxylic acids is 1. The zero-order valence-corrected chi connectivity index (χ0v) is 14.4. The van der Waals surface area contributed by atoms with E-state index in [-0.39, 0.29) is 5.91 Å². The lowest BCUT2D eigenvalue weighted by Crippen LogP contribution is -2.44. The Morgan fingerprint density at radius 2 is 2.00 bits per heavy atom. The Balaban J connectivity index is 1.91. The fraction of sp³-hybridized carbons (Fsp3) is 0.579. The number of carbonyl (C=O) groups excluding carboxylic acids is 1. The number of aliphatic carboxylic acids is 1. The molecule has 3 rings (SSSR count). The van der Waals surface area contributed by atoms with E-state index in [0.29, 0.717) is 19.5 Å². The van der Waals surface area contributed by atoms with Gasteiger partial charge in [0.1, 0.15) is 5.75 Å². The monoisotopic (exact) mass is 331 g/mol. The van der Waals surface area contributed by atoms with Crippen molar-refractivity contribution in [2.24, 2.45) is 5.92 Å². The van der Waals surface area contributed by atoms with Gasteiger partial charge in [-0.1, -0.05) is 25.0 Å². The molecule has 1 amide bonds. The number of carboxylic acid groups (broad SMARTS) is 1. The van der Waals surface area contributed by atoms with E-state index < -0.39 is 17.3 Å². The number of ether oxygens (including phenoxy) is 1. The van der Waals surface area contributed by atoms with Gasteiger partial charge in [0, 0.05) is 13.1 Å². The molecule has 1 atom stereocenters. The highest BCUT2D eigenvalue weighted by molar-refractivity contribution is 5.89. The van der Waals surface area contributed by atoms with Crippen LogP contribution in [0.1, 0.15) is 43.2 Å². The number of hydrogen-bond donors (Lipinski definition) is 1. The van der Waals surface area contributed by atoms with Crippen LogP contribution in [0.3, 0.4) is 0 Å². The van der Waals surface area contributed by atoms with Gasteiger partial charge in [0.15, 0.2) is 0 Å². The van der Waals surface area contributed by atoms with Gasteiger partial charge >= 0.3 is 5.97 Å². The molecule has 5 nitrogen and oxygen atoms in total. The molecule has 1 aliphatic carbocycles. The van der Waals surface area contributed by atoms with Crippen molar-refractivity contribution in [1.29, 1.82) is 0 Å². The third kappa shape index (κ3) is 2.76. The predicted octanol–water partition coefficient (Wildman–Crippen LogP) is 2.75. The van der Waals surface area contributed by atoms with Crippen LogP contribution in [0, 0.1) is 12.8 Å². The normalized spacial score (nSPS) is 22.6. The van der Waals surface area contributed by atoms with Crippen LogP contribution in [0.15, 0.2) is 18.2 Å². The molecule has 0 spiro atoms. The first-order chi connectivity index (χ1) is 11.5. The fourth-order valence-corrected chi connectivity index (χ4v) is 4.17. The minimum absolute atomic E-state index is 0.0923. The second-order valence-electron chi connectivity index (χ2n) is 7.05. The van der Waals surface area contributed by atoms with Crippen molar-refractivity contribution in [3.63, 3.8) is 0 Å². The summed E-state index contributed by atoms with van der Waals surface area (Å²) in [5.41, 5.74) is 1.54. The van der Waals surface area contributed by atoms with Gasteiger partial charge in [0.05, 0.1) is 18.4 Å². The lowest BCUT2D eigenvalue weighted by Gasteiger charge is -2.33. The smallest absolute Gasteiger partial charge is 0.308 e. The zero-order chi connectivity index (χ0) is 17.3. The number of aryl methyl sites for hydroxylation is 1. The van der Waals surface area contributed by atoms with Crippen LogP contribution >= 0.6 is 0 Å². The van der Waals surface area contributed by atoms with Crippen molar-refractivity contribution in [3.05, 3.63) is 29.3 Å². The van der Waals surface area contributed by atoms with Crippen molar-refractivity contribution in [1.82, 2.24) is 4.90 Å². The lowest BCUT2D eigenvalue weighted by molar-refractivity contribution is -0.142. The van der Waals surface area contributed by atoms with Crippen molar-refractivity contribution < 1.29 is 19.4 Å². The molecule has 2 aliphatic rings. The standard InChI is InChI=1S/C19H25NO4/c1-13-5-6-15(11-16(13)24-2)19(8-3-4-9-19)18(23)20-10-7-14(12-20)17(21)22/h5-6,11,14H,3-4,7-10,12H2,1-2H3,(H,21,22)/t14-/m0/s1. The second-order valence-corrected chi connectivity index (χ2v) is 7.05. The summed E-state index contributed by atoms with van der Waals surface area (Å²) < 4.78 is 5.44. The Morgan fingerprint density at radius 1 is 1.29 bits per heavy atom. The fourth-order valence-electron chi connectivity index (χ4n) is 4.17. The average Bonchev–Trinajstić information content (AvgIpc) is 3.25. The number of likely N-dealkylation sites (tertiary alicyclic amines) is 1. The minimum Gasteiger partial charge on any atom is -0.496 e. The number of amides is 1.